The molecule has 2 rings (SSSR count). The first-order valence-electron chi connectivity index (χ1n) is 11.1. The van der Waals surface area contributed by atoms with Gasteiger partial charge in [0.2, 0.25) is 0 Å². The van der Waals surface area contributed by atoms with E-state index in [4.69, 9.17) is 0 Å². The first-order valence-corrected chi connectivity index (χ1v) is 11.1. The Morgan fingerprint density at radius 2 is 0.679 bits per heavy atom. The summed E-state index contributed by atoms with van der Waals surface area (Å²) in [6.07, 6.45) is 23.3. The van der Waals surface area contributed by atoms with Gasteiger partial charge in [-0.05, 0) is 12.8 Å². The van der Waals surface area contributed by atoms with E-state index in [9.17, 15) is 9.59 Å². The second kappa shape index (κ2) is 14.0. The molecule has 0 amide bonds. The predicted octanol–water partition coefficient (Wildman–Crippen LogP) is 5.39. The van der Waals surface area contributed by atoms with Crippen LogP contribution in [0.2, 0.25) is 0 Å². The van der Waals surface area contributed by atoms with Gasteiger partial charge in [-0.2, -0.15) is 0 Å². The zero-order valence-corrected chi connectivity index (χ0v) is 17.2. The van der Waals surface area contributed by atoms with Crippen LogP contribution in [-0.2, 0) is 13.1 Å². The number of aromatic nitrogens is 2. The van der Waals surface area contributed by atoms with Crippen molar-refractivity contribution >= 4 is 0 Å². The number of aryl methyl sites for hydroxylation is 2. The maximum atomic E-state index is 11.1. The minimum Gasteiger partial charge on any atom is -0.354 e. The molecular weight excluding hydrogens is 348 g/mol. The van der Waals surface area contributed by atoms with Crippen molar-refractivity contribution in [1.29, 1.82) is 0 Å². The van der Waals surface area contributed by atoms with E-state index in [0.29, 0.717) is 0 Å². The van der Waals surface area contributed by atoms with Crippen molar-refractivity contribution in [2.45, 2.75) is 90.1 Å². The van der Waals surface area contributed by atoms with Gasteiger partial charge in [0.25, 0.3) is 0 Å². The van der Waals surface area contributed by atoms with Crippen molar-refractivity contribution in [3.05, 3.63) is 69.5 Å². The molecule has 4 heteroatoms. The molecule has 0 saturated heterocycles. The van der Waals surface area contributed by atoms with Crippen LogP contribution in [0.3, 0.4) is 0 Å². The number of hydrogen-bond acceptors (Lipinski definition) is 2. The maximum Gasteiger partial charge on any atom is 0.181 e. The Morgan fingerprint density at radius 1 is 0.429 bits per heavy atom. The van der Waals surface area contributed by atoms with Gasteiger partial charge in [0.15, 0.2) is 10.9 Å². The summed E-state index contributed by atoms with van der Waals surface area (Å²) in [7, 11) is 0. The number of unbranched alkanes of at least 4 members (excludes halogenated alkanes) is 11. The second-order valence-electron chi connectivity index (χ2n) is 7.79. The van der Waals surface area contributed by atoms with E-state index in [2.05, 4.69) is 9.13 Å². The largest absolute Gasteiger partial charge is 0.354 e. The third-order valence-corrected chi connectivity index (χ3v) is 5.30. The van der Waals surface area contributed by atoms with Crippen LogP contribution in [0.25, 0.3) is 0 Å². The van der Waals surface area contributed by atoms with E-state index in [0.717, 1.165) is 13.1 Å². The summed E-state index contributed by atoms with van der Waals surface area (Å²) in [4.78, 5) is 22.1. The van der Waals surface area contributed by atoms with Gasteiger partial charge < -0.3 is 9.13 Å². The van der Waals surface area contributed by atoms with Crippen LogP contribution in [0.5, 0.6) is 0 Å². The van der Waals surface area contributed by atoms with E-state index < -0.39 is 0 Å². The smallest absolute Gasteiger partial charge is 0.181 e. The van der Waals surface area contributed by atoms with Gasteiger partial charge in [0.1, 0.15) is 0 Å². The average Bonchev–Trinajstić information content (AvgIpc) is 2.71. The van der Waals surface area contributed by atoms with E-state index in [1.807, 2.05) is 24.8 Å². The summed E-state index contributed by atoms with van der Waals surface area (Å²) in [5.74, 6) is 0. The third kappa shape index (κ3) is 10.3. The molecule has 0 aliphatic rings. The molecule has 28 heavy (non-hydrogen) atoms. The highest BCUT2D eigenvalue weighted by Crippen LogP contribution is 2.12. The molecule has 0 saturated carbocycles. The molecule has 0 aliphatic heterocycles. The molecule has 0 spiro atoms. The molecule has 0 radical (unpaired) electrons. The van der Waals surface area contributed by atoms with Gasteiger partial charge in [0, 0.05) is 62.1 Å². The molecule has 0 aliphatic carbocycles. The summed E-state index contributed by atoms with van der Waals surface area (Å²) in [6, 6.07) is 6.53. The monoisotopic (exact) mass is 384 g/mol. The SMILES string of the molecule is O=c1ccn(CCCCCCCCCCCCCCn2ccc(=O)cc2)cc1. The predicted molar refractivity (Wildman–Crippen MR) is 117 cm³/mol. The molecule has 4 nitrogen and oxygen atoms in total. The highest BCUT2D eigenvalue weighted by molar-refractivity contribution is 4.94. The lowest BCUT2D eigenvalue weighted by molar-refractivity contribution is 0.518. The van der Waals surface area contributed by atoms with Gasteiger partial charge in [-0.25, -0.2) is 0 Å². The summed E-state index contributed by atoms with van der Waals surface area (Å²) in [6.45, 7) is 2.03. The topological polar surface area (TPSA) is 44.0 Å². The van der Waals surface area contributed by atoms with Crippen molar-refractivity contribution < 1.29 is 0 Å². The first kappa shape index (κ1) is 22.2. The fraction of sp³-hybridized carbons (Fsp3) is 0.583. The fourth-order valence-corrected chi connectivity index (χ4v) is 3.54. The van der Waals surface area contributed by atoms with Gasteiger partial charge in [-0.3, -0.25) is 9.59 Å². The van der Waals surface area contributed by atoms with Crippen LogP contribution < -0.4 is 10.9 Å². The van der Waals surface area contributed by atoms with Crippen molar-refractivity contribution in [3.8, 4) is 0 Å². The summed E-state index contributed by atoms with van der Waals surface area (Å²) >= 11 is 0. The molecule has 0 fully saturated rings. The van der Waals surface area contributed by atoms with Gasteiger partial charge in [-0.15, -0.1) is 0 Å². The fourth-order valence-electron chi connectivity index (χ4n) is 3.54. The molecule has 2 heterocycles. The maximum absolute atomic E-state index is 11.1. The van der Waals surface area contributed by atoms with Crippen LogP contribution >= 0.6 is 0 Å². The van der Waals surface area contributed by atoms with Crippen LogP contribution in [-0.4, -0.2) is 9.13 Å². The molecule has 0 bridgehead atoms. The van der Waals surface area contributed by atoms with Crippen LogP contribution in [0.15, 0.2) is 58.6 Å². The Bertz CT molecular complexity index is 657. The quantitative estimate of drug-likeness (QED) is 0.386. The van der Waals surface area contributed by atoms with Crippen molar-refractivity contribution in [2.24, 2.45) is 0 Å². The highest BCUT2D eigenvalue weighted by Gasteiger charge is 1.95. The summed E-state index contributed by atoms with van der Waals surface area (Å²) in [5.41, 5.74) is 0.171. The van der Waals surface area contributed by atoms with Crippen LogP contribution in [0.4, 0.5) is 0 Å². The minimum atomic E-state index is 0.0855. The summed E-state index contributed by atoms with van der Waals surface area (Å²) < 4.78 is 4.20. The van der Waals surface area contributed by atoms with Gasteiger partial charge >= 0.3 is 0 Å². The normalized spacial score (nSPS) is 11.0. The first-order chi connectivity index (χ1) is 13.7. The third-order valence-electron chi connectivity index (χ3n) is 5.30. The zero-order chi connectivity index (χ0) is 19.9. The standard InChI is InChI=1S/C24H36N2O2/c27-23-13-19-25(20-14-23)17-11-9-7-5-3-1-2-4-6-8-10-12-18-26-21-15-24(28)16-22-26/h13-16,19-22H,1-12,17-18H2. The Labute approximate surface area is 169 Å². The van der Waals surface area contributed by atoms with Crippen molar-refractivity contribution in [1.82, 2.24) is 9.13 Å². The molecular formula is C24H36N2O2. The van der Waals surface area contributed by atoms with E-state index in [-0.39, 0.29) is 10.9 Å². The molecule has 0 unspecified atom stereocenters. The Hall–Kier alpha value is -2.10. The highest BCUT2D eigenvalue weighted by atomic mass is 16.1. The molecule has 2 aromatic rings. The van der Waals surface area contributed by atoms with E-state index >= 15 is 0 Å². The van der Waals surface area contributed by atoms with Crippen molar-refractivity contribution in [2.75, 3.05) is 0 Å². The number of rotatable bonds is 15. The minimum absolute atomic E-state index is 0.0855. The lowest BCUT2D eigenvalue weighted by atomic mass is 10.1. The Balaban J connectivity index is 1.31. The molecule has 0 aromatic carbocycles. The zero-order valence-electron chi connectivity index (χ0n) is 17.2. The Morgan fingerprint density at radius 3 is 0.964 bits per heavy atom. The number of pyridine rings is 2. The lowest BCUT2D eigenvalue weighted by Crippen LogP contribution is -2.03. The van der Waals surface area contributed by atoms with E-state index in [1.54, 1.807) is 24.3 Å². The van der Waals surface area contributed by atoms with Crippen LogP contribution in [0, 0.1) is 0 Å². The molecule has 154 valence electrons. The van der Waals surface area contributed by atoms with Gasteiger partial charge in [0.05, 0.1) is 0 Å². The second-order valence-corrected chi connectivity index (χ2v) is 7.79. The van der Waals surface area contributed by atoms with Crippen molar-refractivity contribution in [3.63, 3.8) is 0 Å². The average molecular weight is 385 g/mol. The molecule has 0 N–H and O–H groups in total. The Kier molecular flexibility index (Phi) is 11.1. The molecule has 2 aromatic heterocycles. The number of nitrogens with zero attached hydrogens (tertiary/aromatic N) is 2. The summed E-state index contributed by atoms with van der Waals surface area (Å²) in [5, 5.41) is 0. The van der Waals surface area contributed by atoms with E-state index in [1.165, 1.54) is 77.0 Å². The van der Waals surface area contributed by atoms with Gasteiger partial charge in [-0.1, -0.05) is 64.2 Å². The lowest BCUT2D eigenvalue weighted by Gasteiger charge is -2.06. The number of hydrogen-bond donors (Lipinski definition) is 0. The molecule has 0 atom stereocenters. The van der Waals surface area contributed by atoms with Crippen LogP contribution in [0.1, 0.15) is 77.0 Å².